The summed E-state index contributed by atoms with van der Waals surface area (Å²) in [6, 6.07) is 0. The third kappa shape index (κ3) is 4.17. The predicted octanol–water partition coefficient (Wildman–Crippen LogP) is 2.85. The van der Waals surface area contributed by atoms with Crippen molar-refractivity contribution in [2.45, 2.75) is 53.0 Å². The van der Waals surface area contributed by atoms with Crippen LogP contribution in [0.25, 0.3) is 0 Å². The van der Waals surface area contributed by atoms with Crippen LogP contribution in [0.4, 0.5) is 5.82 Å². The molecule has 1 heterocycles. The Labute approximate surface area is 109 Å². The zero-order valence-electron chi connectivity index (χ0n) is 12.2. The lowest BCUT2D eigenvalue weighted by Crippen LogP contribution is -2.35. The zero-order valence-corrected chi connectivity index (χ0v) is 12.2. The van der Waals surface area contributed by atoms with Crippen molar-refractivity contribution in [2.24, 2.45) is 5.92 Å². The third-order valence-electron chi connectivity index (χ3n) is 2.81. The molecule has 0 spiro atoms. The number of aromatic nitrogens is 2. The van der Waals surface area contributed by atoms with Gasteiger partial charge in [0.25, 0.3) is 5.56 Å². The number of nitrogens with one attached hydrogen (secondary N) is 1. The number of anilines is 1. The average Bonchev–Trinajstić information content (AvgIpc) is 2.24. The second-order valence-electron chi connectivity index (χ2n) is 6.08. The maximum atomic E-state index is 12.2. The van der Waals surface area contributed by atoms with Crippen LogP contribution in [0.1, 0.15) is 47.5 Å². The highest BCUT2D eigenvalue weighted by molar-refractivity contribution is 5.30. The number of rotatable bonds is 5. The molecule has 1 aromatic heterocycles. The van der Waals surface area contributed by atoms with Crippen molar-refractivity contribution in [3.8, 4) is 0 Å². The molecular formula is C14H25N3O. The summed E-state index contributed by atoms with van der Waals surface area (Å²) in [5, 5.41) is 3.14. The van der Waals surface area contributed by atoms with Gasteiger partial charge in [-0.05, 0) is 39.5 Å². The standard InChI is InChI=1S/C14H25N3O/c1-11(2)7-6-8-15-12-13(18)17(10-9-16-12)14(3,4)5/h9-11H,6-8H2,1-5H3,(H,15,16). The van der Waals surface area contributed by atoms with Crippen LogP contribution in [0.2, 0.25) is 0 Å². The molecule has 0 aliphatic rings. The normalized spacial score (nSPS) is 11.9. The molecule has 1 N–H and O–H groups in total. The van der Waals surface area contributed by atoms with Crippen LogP contribution >= 0.6 is 0 Å². The largest absolute Gasteiger partial charge is 0.365 e. The minimum atomic E-state index is -0.214. The fourth-order valence-electron chi connectivity index (χ4n) is 1.78. The van der Waals surface area contributed by atoms with Crippen LogP contribution < -0.4 is 10.9 Å². The Morgan fingerprint density at radius 1 is 1.39 bits per heavy atom. The predicted molar refractivity (Wildman–Crippen MR) is 76.1 cm³/mol. The van der Waals surface area contributed by atoms with Gasteiger partial charge in [0.05, 0.1) is 0 Å². The van der Waals surface area contributed by atoms with Gasteiger partial charge in [0.2, 0.25) is 0 Å². The molecule has 0 radical (unpaired) electrons. The molecule has 0 unspecified atom stereocenters. The van der Waals surface area contributed by atoms with Crippen molar-refractivity contribution in [3.05, 3.63) is 22.7 Å². The lowest BCUT2D eigenvalue weighted by atomic mass is 10.1. The molecule has 0 aliphatic heterocycles. The van der Waals surface area contributed by atoms with E-state index in [1.54, 1.807) is 17.0 Å². The summed E-state index contributed by atoms with van der Waals surface area (Å²) in [6.07, 6.45) is 5.63. The highest BCUT2D eigenvalue weighted by Crippen LogP contribution is 2.11. The zero-order chi connectivity index (χ0) is 13.8. The van der Waals surface area contributed by atoms with Crippen molar-refractivity contribution in [3.63, 3.8) is 0 Å². The Balaban J connectivity index is 2.71. The summed E-state index contributed by atoms with van der Waals surface area (Å²) in [4.78, 5) is 16.3. The van der Waals surface area contributed by atoms with Crippen molar-refractivity contribution >= 4 is 5.82 Å². The van der Waals surface area contributed by atoms with Crippen LogP contribution in [-0.4, -0.2) is 16.1 Å². The first-order chi connectivity index (χ1) is 8.32. The molecule has 0 saturated heterocycles. The fraction of sp³-hybridized carbons (Fsp3) is 0.714. The lowest BCUT2D eigenvalue weighted by molar-refractivity contribution is 0.383. The highest BCUT2D eigenvalue weighted by atomic mass is 16.1. The number of hydrogen-bond acceptors (Lipinski definition) is 3. The van der Waals surface area contributed by atoms with E-state index in [9.17, 15) is 4.79 Å². The summed E-state index contributed by atoms with van der Waals surface area (Å²) >= 11 is 0. The Morgan fingerprint density at radius 2 is 2.06 bits per heavy atom. The number of hydrogen-bond donors (Lipinski definition) is 1. The minimum absolute atomic E-state index is 0.0467. The molecular weight excluding hydrogens is 226 g/mol. The van der Waals surface area contributed by atoms with E-state index in [2.05, 4.69) is 24.1 Å². The lowest BCUT2D eigenvalue weighted by Gasteiger charge is -2.22. The van der Waals surface area contributed by atoms with Crippen molar-refractivity contribution in [2.75, 3.05) is 11.9 Å². The molecule has 18 heavy (non-hydrogen) atoms. The fourth-order valence-corrected chi connectivity index (χ4v) is 1.78. The van der Waals surface area contributed by atoms with Crippen molar-refractivity contribution < 1.29 is 0 Å². The summed E-state index contributed by atoms with van der Waals surface area (Å²) in [7, 11) is 0. The molecule has 0 aliphatic carbocycles. The smallest absolute Gasteiger partial charge is 0.293 e. The van der Waals surface area contributed by atoms with Gasteiger partial charge in [-0.15, -0.1) is 0 Å². The molecule has 1 rings (SSSR count). The van der Waals surface area contributed by atoms with Crippen LogP contribution in [0.15, 0.2) is 17.2 Å². The van der Waals surface area contributed by atoms with E-state index >= 15 is 0 Å². The molecule has 0 amide bonds. The van der Waals surface area contributed by atoms with E-state index in [0.29, 0.717) is 11.7 Å². The Bertz CT molecular complexity index is 429. The molecule has 0 fully saturated rings. The third-order valence-corrected chi connectivity index (χ3v) is 2.81. The summed E-state index contributed by atoms with van der Waals surface area (Å²) < 4.78 is 1.71. The van der Waals surface area contributed by atoms with E-state index in [1.807, 2.05) is 20.8 Å². The van der Waals surface area contributed by atoms with E-state index in [1.165, 1.54) is 0 Å². The topological polar surface area (TPSA) is 46.9 Å². The van der Waals surface area contributed by atoms with Crippen molar-refractivity contribution in [1.82, 2.24) is 9.55 Å². The first kappa shape index (κ1) is 14.7. The molecule has 1 aromatic rings. The van der Waals surface area contributed by atoms with Crippen LogP contribution in [0, 0.1) is 5.92 Å². The maximum absolute atomic E-state index is 12.2. The Hall–Kier alpha value is -1.32. The van der Waals surface area contributed by atoms with Gasteiger partial charge in [0, 0.05) is 24.5 Å². The van der Waals surface area contributed by atoms with Gasteiger partial charge in [-0.25, -0.2) is 4.98 Å². The monoisotopic (exact) mass is 251 g/mol. The molecule has 0 atom stereocenters. The highest BCUT2D eigenvalue weighted by Gasteiger charge is 2.16. The molecule has 0 bridgehead atoms. The maximum Gasteiger partial charge on any atom is 0.293 e. The average molecular weight is 251 g/mol. The van der Waals surface area contributed by atoms with Gasteiger partial charge in [0.15, 0.2) is 5.82 Å². The quantitative estimate of drug-likeness (QED) is 0.819. The van der Waals surface area contributed by atoms with E-state index in [4.69, 9.17) is 0 Å². The van der Waals surface area contributed by atoms with Gasteiger partial charge in [-0.3, -0.25) is 4.79 Å². The summed E-state index contributed by atoms with van der Waals surface area (Å²) in [6.45, 7) is 11.2. The van der Waals surface area contributed by atoms with Gasteiger partial charge in [0.1, 0.15) is 0 Å². The van der Waals surface area contributed by atoms with Gasteiger partial charge < -0.3 is 9.88 Å². The van der Waals surface area contributed by atoms with E-state index < -0.39 is 0 Å². The van der Waals surface area contributed by atoms with Gasteiger partial charge in [-0.1, -0.05) is 13.8 Å². The van der Waals surface area contributed by atoms with Crippen LogP contribution in [-0.2, 0) is 5.54 Å². The van der Waals surface area contributed by atoms with Crippen LogP contribution in [0.5, 0.6) is 0 Å². The minimum Gasteiger partial charge on any atom is -0.365 e. The second-order valence-corrected chi connectivity index (χ2v) is 6.08. The molecule has 0 saturated carbocycles. The first-order valence-corrected chi connectivity index (χ1v) is 6.64. The van der Waals surface area contributed by atoms with Crippen molar-refractivity contribution in [1.29, 1.82) is 0 Å². The van der Waals surface area contributed by atoms with Crippen LogP contribution in [0.3, 0.4) is 0 Å². The number of nitrogens with zero attached hydrogens (tertiary/aromatic N) is 2. The Morgan fingerprint density at radius 3 is 2.61 bits per heavy atom. The molecule has 4 heteroatoms. The van der Waals surface area contributed by atoms with Gasteiger partial charge in [-0.2, -0.15) is 0 Å². The SMILES string of the molecule is CC(C)CCCNc1nccn(C(C)(C)C)c1=O. The summed E-state index contributed by atoms with van der Waals surface area (Å²) in [5.41, 5.74) is -0.261. The first-order valence-electron chi connectivity index (χ1n) is 6.64. The van der Waals surface area contributed by atoms with E-state index in [-0.39, 0.29) is 11.1 Å². The second kappa shape index (κ2) is 6.03. The van der Waals surface area contributed by atoms with Gasteiger partial charge >= 0.3 is 0 Å². The molecule has 4 nitrogen and oxygen atoms in total. The molecule has 0 aromatic carbocycles. The summed E-state index contributed by atoms with van der Waals surface area (Å²) in [5.74, 6) is 1.15. The Kier molecular flexibility index (Phi) is 4.93. The molecule has 102 valence electrons. The van der Waals surface area contributed by atoms with E-state index in [0.717, 1.165) is 19.4 Å².